The first-order valence-electron chi connectivity index (χ1n) is 10.1. The Morgan fingerprint density at radius 1 is 1.34 bits per heavy atom. The summed E-state index contributed by atoms with van der Waals surface area (Å²) in [5.74, 6) is -0.614. The van der Waals surface area contributed by atoms with Crippen LogP contribution in [-0.2, 0) is 19.6 Å². The summed E-state index contributed by atoms with van der Waals surface area (Å²) >= 11 is 0. The fraction of sp³-hybridized carbons (Fsp3) is 0.500. The zero-order valence-electron chi connectivity index (χ0n) is 19.2. The molecule has 2 unspecified atom stereocenters. The molecule has 0 aliphatic carbocycles. The number of halogens is 1. The third kappa shape index (κ3) is 7.71. The molecule has 0 bridgehead atoms. The largest absolute Gasteiger partial charge is 0.489 e. The summed E-state index contributed by atoms with van der Waals surface area (Å²) in [6.07, 6.45) is -0.197. The van der Waals surface area contributed by atoms with Crippen molar-refractivity contribution in [2.45, 2.75) is 58.1 Å². The monoisotopic (exact) mass is 717 g/mol. The molecule has 2 N–H and O–H groups in total. The van der Waals surface area contributed by atoms with Gasteiger partial charge in [0.15, 0.2) is 0 Å². The van der Waals surface area contributed by atoms with Crippen molar-refractivity contribution < 1.29 is 22.3 Å². The Labute approximate surface area is 186 Å². The third-order valence-electron chi connectivity index (χ3n) is 5.48. The zero-order valence-corrected chi connectivity index (χ0v) is 22.1. The molecule has 4 atom stereocenters. The molecular formula is C22H34FLrN3O4S-2. The van der Waals surface area contributed by atoms with Gasteiger partial charge in [0.1, 0.15) is 5.82 Å². The summed E-state index contributed by atoms with van der Waals surface area (Å²) in [5, 5.41) is 4.32. The average molecular weight is 718 g/mol. The van der Waals surface area contributed by atoms with Crippen LogP contribution in [0.15, 0.2) is 30.9 Å². The first-order valence-corrected chi connectivity index (χ1v) is 11.7. The molecule has 10 heteroatoms. The molecule has 0 fully saturated rings. The molecule has 0 heterocycles. The Morgan fingerprint density at radius 3 is 2.41 bits per heavy atom. The number of benzene rings is 1. The van der Waals surface area contributed by atoms with E-state index in [1.807, 2.05) is 6.92 Å². The second-order valence-electron chi connectivity index (χ2n) is 7.61. The fourth-order valence-corrected chi connectivity index (χ4v) is 3.58. The summed E-state index contributed by atoms with van der Waals surface area (Å²) in [4.78, 5) is 15.1. The van der Waals surface area contributed by atoms with Crippen LogP contribution in [0.25, 0.3) is 0 Å². The number of sulfonamides is 1. The van der Waals surface area contributed by atoms with Crippen LogP contribution in [0.3, 0.4) is 0 Å². The SMILES string of the molecule is C=CC(=O)N([CH-]C)CCN([CH2-])C(C)[C@@H](O[C@@H](C)C(C)S(N)(=O)=O)c1ccc(C)c(F)c1.[Lr]. The number of aryl methyl sites for hydroxylation is 1. The van der Waals surface area contributed by atoms with Crippen LogP contribution >= 0.6 is 0 Å². The number of nitrogens with two attached hydrogens (primary N) is 1. The van der Waals surface area contributed by atoms with Crippen LogP contribution in [-0.4, -0.2) is 54.6 Å². The van der Waals surface area contributed by atoms with E-state index < -0.39 is 27.5 Å². The second-order valence-corrected chi connectivity index (χ2v) is 9.53. The van der Waals surface area contributed by atoms with E-state index in [2.05, 4.69) is 13.6 Å². The predicted octanol–water partition coefficient (Wildman–Crippen LogP) is 2.94. The molecule has 32 heavy (non-hydrogen) atoms. The minimum absolute atomic E-state index is 0. The van der Waals surface area contributed by atoms with Crippen LogP contribution in [0.5, 0.6) is 0 Å². The number of hydrogen-bond donors (Lipinski definition) is 1. The van der Waals surface area contributed by atoms with E-state index >= 15 is 0 Å². The van der Waals surface area contributed by atoms with E-state index in [-0.39, 0.29) is 17.8 Å². The van der Waals surface area contributed by atoms with E-state index in [4.69, 9.17) is 9.88 Å². The molecule has 0 aliphatic rings. The third-order valence-corrected chi connectivity index (χ3v) is 6.90. The second kappa shape index (κ2) is 12.3. The van der Waals surface area contributed by atoms with Crippen LogP contribution in [0, 0.1) is 26.3 Å². The first kappa shape index (κ1) is 29.2. The quantitative estimate of drug-likeness (QED) is 0.266. The molecule has 0 spiro atoms. The molecule has 0 aromatic heterocycles. The van der Waals surface area contributed by atoms with Crippen LogP contribution in [0.4, 0.5) is 4.39 Å². The van der Waals surface area contributed by atoms with Gasteiger partial charge in [-0.1, -0.05) is 18.7 Å². The van der Waals surface area contributed by atoms with Gasteiger partial charge in [0, 0.05) is 12.6 Å². The molecule has 1 rings (SSSR count). The molecular weight excluding hydrogens is 683 g/mol. The summed E-state index contributed by atoms with van der Waals surface area (Å²) in [6.45, 7) is 14.2. The number of nitrogens with zero attached hydrogens (tertiary/aromatic N) is 2. The fourth-order valence-electron chi connectivity index (χ4n) is 2.98. The molecule has 7 nitrogen and oxygen atoms in total. The van der Waals surface area contributed by atoms with E-state index in [9.17, 15) is 17.6 Å². The summed E-state index contributed by atoms with van der Waals surface area (Å²) in [7, 11) is 0.242. The Hall–Kier alpha value is -2.81. The summed E-state index contributed by atoms with van der Waals surface area (Å²) < 4.78 is 43.9. The standard InChI is InChI=1S/C22H34FN3O4S.Lr/c1-8-21(27)26(9-2)13-12-25(7)16(4)22(19-11-10-15(3)20(23)14-19)30-17(5)18(6)31(24,28)29;/h8-11,14,16-18,22H,1,7,12-13H2,2-6H3,(H2,24,28,29);/q-2;/t16?,17-,18?,22+;/m0./s1. The number of carbonyl (C=O) groups excluding carboxylic acids is 1. The Kier molecular flexibility index (Phi) is 11.2. The van der Waals surface area contributed by atoms with Crippen molar-refractivity contribution in [1.29, 1.82) is 0 Å². The van der Waals surface area contributed by atoms with Gasteiger partial charge in [0.2, 0.25) is 15.9 Å². The van der Waals surface area contributed by atoms with Gasteiger partial charge in [0.05, 0.1) is 17.5 Å². The van der Waals surface area contributed by atoms with Crippen LogP contribution in [0.2, 0.25) is 0 Å². The minimum atomic E-state index is -3.81. The number of ether oxygens (including phenoxy) is 1. The predicted molar refractivity (Wildman–Crippen MR) is 120 cm³/mol. The number of primary sulfonamides is 1. The maximum Gasteiger partial charge on any atom is 0.216 e. The van der Waals surface area contributed by atoms with Crippen molar-refractivity contribution in [2.24, 2.45) is 5.14 Å². The van der Waals surface area contributed by atoms with Gasteiger partial charge in [-0.2, -0.15) is 6.92 Å². The van der Waals surface area contributed by atoms with Crippen molar-refractivity contribution >= 4 is 15.9 Å². The van der Waals surface area contributed by atoms with Gasteiger partial charge < -0.3 is 14.5 Å². The molecule has 1 amide bonds. The summed E-state index contributed by atoms with van der Waals surface area (Å²) in [6, 6.07) is 4.40. The molecule has 0 aliphatic heterocycles. The van der Waals surface area contributed by atoms with Gasteiger partial charge >= 0.3 is 0 Å². The Morgan fingerprint density at radius 2 is 1.94 bits per heavy atom. The molecule has 1 aromatic carbocycles. The van der Waals surface area contributed by atoms with E-state index in [0.29, 0.717) is 24.2 Å². The maximum absolute atomic E-state index is 14.3. The van der Waals surface area contributed by atoms with Crippen molar-refractivity contribution in [2.75, 3.05) is 13.1 Å². The summed E-state index contributed by atoms with van der Waals surface area (Å²) in [5.41, 5.74) is 1.04. The zero-order chi connectivity index (χ0) is 23.9. The number of rotatable bonds is 12. The van der Waals surface area contributed by atoms with Gasteiger partial charge in [0.25, 0.3) is 0 Å². The van der Waals surface area contributed by atoms with Crippen molar-refractivity contribution in [3.05, 3.63) is 61.4 Å². The van der Waals surface area contributed by atoms with E-state index in [1.54, 1.807) is 44.3 Å². The van der Waals surface area contributed by atoms with Gasteiger partial charge in [-0.25, -0.2) is 24.5 Å². The molecule has 191 valence electrons. The number of hydrogen-bond acceptors (Lipinski definition) is 5. The van der Waals surface area contributed by atoms with E-state index in [1.165, 1.54) is 24.0 Å². The minimum Gasteiger partial charge on any atom is -0.489 e. The van der Waals surface area contributed by atoms with Gasteiger partial charge in [-0.3, -0.25) is 11.8 Å². The maximum atomic E-state index is 14.3. The molecule has 0 saturated carbocycles. The Balaban J connectivity index is 0.00000961. The normalized spacial score (nSPS) is 15.4. The molecule has 0 saturated heterocycles. The Bertz CT molecular complexity index is 869. The van der Waals surface area contributed by atoms with Crippen LogP contribution in [0.1, 0.15) is 44.9 Å². The van der Waals surface area contributed by atoms with Crippen molar-refractivity contribution in [3.63, 3.8) is 0 Å². The van der Waals surface area contributed by atoms with E-state index in [0.717, 1.165) is 0 Å². The number of amides is 1. The van der Waals surface area contributed by atoms with Crippen LogP contribution < -0.4 is 5.14 Å². The number of carbonyl (C=O) groups is 1. The molecule has 1 aromatic rings. The topological polar surface area (TPSA) is 92.9 Å². The first-order chi connectivity index (χ1) is 14.3. The van der Waals surface area contributed by atoms with Crippen molar-refractivity contribution in [3.8, 4) is 0 Å². The smallest absolute Gasteiger partial charge is 0.216 e. The molecule has 1 radical (unpaired) electrons. The van der Waals surface area contributed by atoms with Crippen molar-refractivity contribution in [1.82, 2.24) is 9.80 Å². The average Bonchev–Trinajstić information content (AvgIpc) is 2.72. The van der Waals surface area contributed by atoms with Gasteiger partial charge in [-0.05, 0) is 57.5 Å². The van der Waals surface area contributed by atoms with Gasteiger partial charge in [-0.15, -0.1) is 0 Å².